The number of carbonyl (C=O) groups excluding carboxylic acids is 1. The molecule has 0 fully saturated rings. The zero-order valence-electron chi connectivity index (χ0n) is 15.0. The minimum atomic E-state index is -0.340. The van der Waals surface area contributed by atoms with Crippen molar-refractivity contribution in [3.05, 3.63) is 89.0 Å². The molecule has 0 bridgehead atoms. The average Bonchev–Trinajstić information content (AvgIpc) is 3.14. The van der Waals surface area contributed by atoms with Crippen molar-refractivity contribution in [1.29, 1.82) is 0 Å². The zero-order valence-corrected chi connectivity index (χ0v) is 15.0. The second kappa shape index (κ2) is 7.44. The number of nitrogens with zero attached hydrogens (tertiary/aromatic N) is 2. The largest absolute Gasteiger partial charge is 0.508 e. The summed E-state index contributed by atoms with van der Waals surface area (Å²) in [5.74, 6) is -0.499. The molecule has 3 aromatic carbocycles. The number of phenolic OH excluding ortho intramolecular Hbond substituents is 2. The van der Waals surface area contributed by atoms with E-state index in [1.165, 1.54) is 35.5 Å². The van der Waals surface area contributed by atoms with Gasteiger partial charge in [0.05, 0.1) is 6.21 Å². The summed E-state index contributed by atoms with van der Waals surface area (Å²) in [6.45, 7) is 1.64. The van der Waals surface area contributed by atoms with E-state index in [-0.39, 0.29) is 17.4 Å². The van der Waals surface area contributed by atoms with Crippen LogP contribution >= 0.6 is 0 Å². The summed E-state index contributed by atoms with van der Waals surface area (Å²) in [6.07, 6.45) is 1.33. The number of rotatable bonds is 4. The lowest BCUT2D eigenvalue weighted by atomic mass is 10.1. The summed E-state index contributed by atoms with van der Waals surface area (Å²) >= 11 is 0. The van der Waals surface area contributed by atoms with Gasteiger partial charge in [-0.3, -0.25) is 4.79 Å². The molecule has 0 spiro atoms. The molecular weight excluding hydrogens is 354 g/mol. The molecule has 0 atom stereocenters. The van der Waals surface area contributed by atoms with Crippen LogP contribution in [0, 0.1) is 0 Å². The van der Waals surface area contributed by atoms with E-state index in [0.29, 0.717) is 11.1 Å². The first-order chi connectivity index (χ1) is 13.6. The van der Waals surface area contributed by atoms with Gasteiger partial charge in [0.15, 0.2) is 0 Å². The Bertz CT molecular complexity index is 1040. The lowest BCUT2D eigenvalue weighted by Crippen LogP contribution is -2.19. The molecule has 0 unspecified atom stereocenters. The smallest absolute Gasteiger partial charge is 0.271 e. The Morgan fingerprint density at radius 3 is 2.43 bits per heavy atom. The van der Waals surface area contributed by atoms with Crippen molar-refractivity contribution in [1.82, 2.24) is 5.43 Å². The highest BCUT2D eigenvalue weighted by Gasteiger charge is 2.19. The number of amides is 1. The molecule has 28 heavy (non-hydrogen) atoms. The number of nitrogens with one attached hydrogen (secondary N) is 1. The second-order valence-electron chi connectivity index (χ2n) is 6.62. The summed E-state index contributed by atoms with van der Waals surface area (Å²) in [5, 5.41) is 22.9. The number of aromatic hydroxyl groups is 2. The molecular formula is C22H19N3O3. The molecule has 0 aliphatic carbocycles. The molecule has 1 aliphatic heterocycles. The third-order valence-electron chi connectivity index (χ3n) is 4.70. The van der Waals surface area contributed by atoms with Gasteiger partial charge in [-0.05, 0) is 41.5 Å². The van der Waals surface area contributed by atoms with Gasteiger partial charge in [-0.1, -0.05) is 30.3 Å². The molecule has 3 N–H and O–H groups in total. The van der Waals surface area contributed by atoms with E-state index >= 15 is 0 Å². The van der Waals surface area contributed by atoms with Gasteiger partial charge in [0, 0.05) is 36.0 Å². The van der Waals surface area contributed by atoms with E-state index in [1.807, 2.05) is 30.3 Å². The lowest BCUT2D eigenvalue weighted by Gasteiger charge is -2.18. The molecule has 1 amide bonds. The van der Waals surface area contributed by atoms with Crippen molar-refractivity contribution in [2.75, 3.05) is 4.90 Å². The number of anilines is 1. The van der Waals surface area contributed by atoms with Crippen LogP contribution in [0.2, 0.25) is 0 Å². The lowest BCUT2D eigenvalue weighted by molar-refractivity contribution is 0.0955. The zero-order chi connectivity index (χ0) is 19.5. The Hall–Kier alpha value is -3.80. The Morgan fingerprint density at radius 2 is 1.71 bits per heavy atom. The normalized spacial score (nSPS) is 12.9. The van der Waals surface area contributed by atoms with E-state index in [0.717, 1.165) is 18.8 Å². The Labute approximate surface area is 162 Å². The molecule has 1 aliphatic rings. The molecule has 3 aromatic rings. The fourth-order valence-electron chi connectivity index (χ4n) is 3.23. The number of phenols is 2. The van der Waals surface area contributed by atoms with E-state index < -0.39 is 0 Å². The standard InChI is InChI=1S/C22H19N3O3/c26-20-9-8-16(21(27)11-20)12-23-24-22(28)15-6-3-7-19(10-15)25-13-17-4-1-2-5-18(17)14-25/h1-12,26-27H,13-14H2,(H,24,28)/b23-12+. The Morgan fingerprint density at radius 1 is 0.964 bits per heavy atom. The van der Waals surface area contributed by atoms with E-state index in [4.69, 9.17) is 0 Å². The molecule has 0 aromatic heterocycles. The molecule has 0 radical (unpaired) electrons. The van der Waals surface area contributed by atoms with Crippen molar-refractivity contribution in [3.63, 3.8) is 0 Å². The van der Waals surface area contributed by atoms with Crippen LogP contribution in [0.3, 0.4) is 0 Å². The third kappa shape index (κ3) is 3.66. The monoisotopic (exact) mass is 373 g/mol. The Balaban J connectivity index is 1.44. The van der Waals surface area contributed by atoms with Crippen LogP contribution in [0.1, 0.15) is 27.0 Å². The maximum atomic E-state index is 12.4. The molecule has 0 saturated heterocycles. The van der Waals surface area contributed by atoms with Gasteiger partial charge in [-0.15, -0.1) is 0 Å². The van der Waals surface area contributed by atoms with Crippen LogP contribution in [-0.2, 0) is 13.1 Å². The van der Waals surface area contributed by atoms with Gasteiger partial charge in [0.2, 0.25) is 0 Å². The van der Waals surface area contributed by atoms with Crippen molar-refractivity contribution in [3.8, 4) is 11.5 Å². The van der Waals surface area contributed by atoms with Gasteiger partial charge in [0.25, 0.3) is 5.91 Å². The fraction of sp³-hybridized carbons (Fsp3) is 0.0909. The van der Waals surface area contributed by atoms with E-state index in [1.54, 1.807) is 6.07 Å². The molecule has 6 nitrogen and oxygen atoms in total. The van der Waals surface area contributed by atoms with Gasteiger partial charge in [0.1, 0.15) is 11.5 Å². The Kier molecular flexibility index (Phi) is 4.68. The predicted molar refractivity (Wildman–Crippen MR) is 108 cm³/mol. The van der Waals surface area contributed by atoms with Crippen LogP contribution in [0.25, 0.3) is 0 Å². The molecule has 6 heteroatoms. The van der Waals surface area contributed by atoms with Gasteiger partial charge < -0.3 is 15.1 Å². The van der Waals surface area contributed by atoms with Gasteiger partial charge in [-0.2, -0.15) is 5.10 Å². The van der Waals surface area contributed by atoms with Crippen LogP contribution in [-0.4, -0.2) is 22.3 Å². The van der Waals surface area contributed by atoms with Crippen LogP contribution in [0.15, 0.2) is 71.8 Å². The quantitative estimate of drug-likeness (QED) is 0.483. The SMILES string of the molecule is O=C(N/N=C/c1ccc(O)cc1O)c1cccc(N2Cc3ccccc3C2)c1. The first kappa shape index (κ1) is 17.6. The van der Waals surface area contributed by atoms with Gasteiger partial charge >= 0.3 is 0 Å². The van der Waals surface area contributed by atoms with E-state index in [9.17, 15) is 15.0 Å². The topological polar surface area (TPSA) is 85.2 Å². The van der Waals surface area contributed by atoms with Crippen molar-refractivity contribution >= 4 is 17.8 Å². The number of fused-ring (bicyclic) bond motifs is 1. The number of hydrogen-bond acceptors (Lipinski definition) is 5. The second-order valence-corrected chi connectivity index (χ2v) is 6.62. The highest BCUT2D eigenvalue weighted by molar-refractivity contribution is 5.96. The first-order valence-electron chi connectivity index (χ1n) is 8.87. The molecule has 4 rings (SSSR count). The summed E-state index contributed by atoms with van der Waals surface area (Å²) < 4.78 is 0. The van der Waals surface area contributed by atoms with Crippen molar-refractivity contribution in [2.45, 2.75) is 13.1 Å². The van der Waals surface area contributed by atoms with Gasteiger partial charge in [-0.25, -0.2) is 5.43 Å². The number of benzene rings is 3. The maximum absolute atomic E-state index is 12.4. The number of carbonyl (C=O) groups is 1. The first-order valence-corrected chi connectivity index (χ1v) is 8.87. The third-order valence-corrected chi connectivity index (χ3v) is 4.70. The average molecular weight is 373 g/mol. The maximum Gasteiger partial charge on any atom is 0.271 e. The minimum Gasteiger partial charge on any atom is -0.508 e. The summed E-state index contributed by atoms with van der Waals surface area (Å²) in [4.78, 5) is 14.6. The van der Waals surface area contributed by atoms with Crippen molar-refractivity contribution in [2.24, 2.45) is 5.10 Å². The highest BCUT2D eigenvalue weighted by atomic mass is 16.3. The highest BCUT2D eigenvalue weighted by Crippen LogP contribution is 2.28. The van der Waals surface area contributed by atoms with Crippen LogP contribution < -0.4 is 10.3 Å². The summed E-state index contributed by atoms with van der Waals surface area (Å²) in [6, 6.07) is 19.9. The molecule has 0 saturated carbocycles. The fourth-order valence-corrected chi connectivity index (χ4v) is 3.23. The molecule has 140 valence electrons. The van der Waals surface area contributed by atoms with Crippen molar-refractivity contribution < 1.29 is 15.0 Å². The van der Waals surface area contributed by atoms with Crippen LogP contribution in [0.5, 0.6) is 11.5 Å². The molecule has 1 heterocycles. The van der Waals surface area contributed by atoms with E-state index in [2.05, 4.69) is 27.6 Å². The summed E-state index contributed by atoms with van der Waals surface area (Å²) in [5.41, 5.74) is 6.93. The summed E-state index contributed by atoms with van der Waals surface area (Å²) in [7, 11) is 0. The number of hydrazone groups is 1. The number of hydrogen-bond donors (Lipinski definition) is 3. The minimum absolute atomic E-state index is 0.0421. The van der Waals surface area contributed by atoms with Crippen LogP contribution in [0.4, 0.5) is 5.69 Å². The predicted octanol–water partition coefficient (Wildman–Crippen LogP) is 3.38.